The first-order chi connectivity index (χ1) is 10.7. The lowest BCUT2D eigenvalue weighted by Gasteiger charge is -2.38. The minimum Gasteiger partial charge on any atom is -0.330 e. The van der Waals surface area contributed by atoms with Crippen LogP contribution in [0.5, 0.6) is 0 Å². The van der Waals surface area contributed by atoms with Crippen LogP contribution in [0.3, 0.4) is 0 Å². The molecule has 1 aromatic rings. The molecule has 1 aliphatic heterocycles. The van der Waals surface area contributed by atoms with Crippen molar-refractivity contribution in [2.45, 2.75) is 72.1 Å². The first kappa shape index (κ1) is 17.9. The smallest absolute Gasteiger partial charge is 0.178 e. The summed E-state index contributed by atoms with van der Waals surface area (Å²) < 4.78 is 0. The maximum Gasteiger partial charge on any atom is 0.178 e. The van der Waals surface area contributed by atoms with Crippen LogP contribution in [-0.4, -0.2) is 38.9 Å². The molecule has 126 valence electrons. The third-order valence-electron chi connectivity index (χ3n) is 4.31. The summed E-state index contributed by atoms with van der Waals surface area (Å²) in [5, 5.41) is 0.876. The van der Waals surface area contributed by atoms with Crippen LogP contribution in [0.15, 0.2) is 35.3 Å². The zero-order valence-electron chi connectivity index (χ0n) is 15.4. The van der Waals surface area contributed by atoms with Crippen molar-refractivity contribution >= 4 is 23.2 Å². The maximum atomic E-state index is 5.86. The molecule has 0 aromatic heterocycles. The molecule has 0 spiro atoms. The van der Waals surface area contributed by atoms with Crippen LogP contribution < -0.4 is 0 Å². The molecule has 1 atom stereocenters. The van der Waals surface area contributed by atoms with E-state index in [0.29, 0.717) is 6.04 Å². The summed E-state index contributed by atoms with van der Waals surface area (Å²) in [6, 6.07) is 11.4. The predicted molar refractivity (Wildman–Crippen MR) is 103 cm³/mol. The van der Waals surface area contributed by atoms with Crippen molar-refractivity contribution < 1.29 is 0 Å². The van der Waals surface area contributed by atoms with E-state index in [0.717, 1.165) is 10.9 Å². The highest BCUT2D eigenvalue weighted by atomic mass is 32.1. The number of rotatable bonds is 4. The Hall–Kier alpha value is -1.42. The Bertz CT molecular complexity index is 592. The molecular formula is C19H29N3S. The van der Waals surface area contributed by atoms with Gasteiger partial charge in [-0.2, -0.15) is 0 Å². The highest BCUT2D eigenvalue weighted by Crippen LogP contribution is 2.40. The zero-order chi connectivity index (χ0) is 17.4. The van der Waals surface area contributed by atoms with Crippen molar-refractivity contribution in [2.75, 3.05) is 0 Å². The van der Waals surface area contributed by atoms with Gasteiger partial charge >= 0.3 is 0 Å². The quantitative estimate of drug-likeness (QED) is 0.761. The lowest BCUT2D eigenvalue weighted by Crippen LogP contribution is -2.48. The summed E-state index contributed by atoms with van der Waals surface area (Å²) in [4.78, 5) is 9.56. The summed E-state index contributed by atoms with van der Waals surface area (Å²) in [5.41, 5.74) is 0.903. The van der Waals surface area contributed by atoms with Crippen LogP contribution in [0.2, 0.25) is 0 Å². The minimum absolute atomic E-state index is 0.226. The number of amidine groups is 1. The highest BCUT2D eigenvalue weighted by Gasteiger charge is 2.52. The van der Waals surface area contributed by atoms with Crippen molar-refractivity contribution in [3.63, 3.8) is 0 Å². The SMILES string of the molecule is CC(C)N=C1N(C(C)C)C(=S)N(C(C)C)C1(C)c1ccccc1. The van der Waals surface area contributed by atoms with E-state index in [9.17, 15) is 0 Å². The van der Waals surface area contributed by atoms with E-state index in [-0.39, 0.29) is 17.6 Å². The molecule has 2 rings (SSSR count). The molecular weight excluding hydrogens is 302 g/mol. The van der Waals surface area contributed by atoms with Crippen molar-refractivity contribution in [3.8, 4) is 0 Å². The van der Waals surface area contributed by atoms with Crippen molar-refractivity contribution in [1.29, 1.82) is 0 Å². The molecule has 1 aromatic carbocycles. The summed E-state index contributed by atoms with van der Waals surface area (Å²) in [5.74, 6) is 1.06. The third kappa shape index (κ3) is 3.01. The summed E-state index contributed by atoms with van der Waals surface area (Å²) in [6.07, 6.45) is 0. The van der Waals surface area contributed by atoms with E-state index in [1.807, 2.05) is 0 Å². The predicted octanol–water partition coefficient (Wildman–Crippen LogP) is 4.43. The number of aliphatic imine (C=N–C) groups is 1. The Kier molecular flexibility index (Phi) is 5.14. The van der Waals surface area contributed by atoms with Gasteiger partial charge in [-0.25, -0.2) is 0 Å². The normalized spacial score (nSPS) is 23.9. The lowest BCUT2D eigenvalue weighted by atomic mass is 9.88. The molecule has 0 bridgehead atoms. The van der Waals surface area contributed by atoms with Crippen LogP contribution in [0.1, 0.15) is 54.0 Å². The van der Waals surface area contributed by atoms with E-state index < -0.39 is 0 Å². The van der Waals surface area contributed by atoms with Crippen molar-refractivity contribution in [1.82, 2.24) is 9.80 Å². The minimum atomic E-state index is -0.332. The van der Waals surface area contributed by atoms with E-state index >= 15 is 0 Å². The molecule has 1 fully saturated rings. The Morgan fingerprint density at radius 1 is 0.957 bits per heavy atom. The standard InChI is InChI=1S/C19H29N3S/c1-13(2)20-17-19(7,16-11-9-8-10-12-16)22(15(5)6)18(23)21(17)14(3)4/h8-15H,1-7H3. The zero-order valence-corrected chi connectivity index (χ0v) is 16.2. The third-order valence-corrected chi connectivity index (χ3v) is 4.70. The second kappa shape index (κ2) is 6.60. The molecule has 23 heavy (non-hydrogen) atoms. The molecule has 1 heterocycles. The average Bonchev–Trinajstić information content (AvgIpc) is 2.68. The number of hydrogen-bond donors (Lipinski definition) is 0. The lowest BCUT2D eigenvalue weighted by molar-refractivity contribution is 0.241. The van der Waals surface area contributed by atoms with E-state index in [4.69, 9.17) is 17.2 Å². The van der Waals surface area contributed by atoms with Gasteiger partial charge in [0.25, 0.3) is 0 Å². The monoisotopic (exact) mass is 331 g/mol. The molecule has 3 nitrogen and oxygen atoms in total. The van der Waals surface area contributed by atoms with E-state index in [1.165, 1.54) is 5.56 Å². The fourth-order valence-corrected chi connectivity index (χ4v) is 4.10. The number of nitrogens with zero attached hydrogens (tertiary/aromatic N) is 3. The van der Waals surface area contributed by atoms with Gasteiger partial charge in [-0.05, 0) is 66.2 Å². The first-order valence-corrected chi connectivity index (χ1v) is 8.88. The maximum absolute atomic E-state index is 5.86. The number of benzene rings is 1. The molecule has 0 N–H and O–H groups in total. The molecule has 4 heteroatoms. The molecule has 1 saturated heterocycles. The first-order valence-electron chi connectivity index (χ1n) is 8.47. The number of thiocarbonyl (C=S) groups is 1. The van der Waals surface area contributed by atoms with Gasteiger partial charge in [0.1, 0.15) is 11.4 Å². The van der Waals surface area contributed by atoms with Gasteiger partial charge in [0, 0.05) is 18.1 Å². The van der Waals surface area contributed by atoms with Gasteiger partial charge in [-0.15, -0.1) is 0 Å². The van der Waals surface area contributed by atoms with Crippen molar-refractivity contribution in [3.05, 3.63) is 35.9 Å². The van der Waals surface area contributed by atoms with E-state index in [1.54, 1.807) is 0 Å². The van der Waals surface area contributed by atoms with Gasteiger partial charge < -0.3 is 9.80 Å². The Balaban J connectivity index is 2.73. The second-order valence-electron chi connectivity index (χ2n) is 7.19. The van der Waals surface area contributed by atoms with Crippen LogP contribution >= 0.6 is 12.2 Å². The highest BCUT2D eigenvalue weighted by molar-refractivity contribution is 7.80. The Morgan fingerprint density at radius 2 is 1.52 bits per heavy atom. The second-order valence-corrected chi connectivity index (χ2v) is 7.56. The molecule has 0 aliphatic carbocycles. The van der Waals surface area contributed by atoms with Crippen LogP contribution in [0.4, 0.5) is 0 Å². The summed E-state index contributed by atoms with van der Waals surface area (Å²) >= 11 is 5.86. The van der Waals surface area contributed by atoms with Crippen LogP contribution in [-0.2, 0) is 5.54 Å². The summed E-state index contributed by atoms with van der Waals surface area (Å²) in [6.45, 7) is 15.2. The Labute approximate surface area is 146 Å². The fraction of sp³-hybridized carbons (Fsp3) is 0.579. The largest absolute Gasteiger partial charge is 0.330 e. The molecule has 0 amide bonds. The van der Waals surface area contributed by atoms with Crippen LogP contribution in [0.25, 0.3) is 0 Å². The molecule has 0 radical (unpaired) electrons. The fourth-order valence-electron chi connectivity index (χ4n) is 3.41. The molecule has 0 saturated carbocycles. The van der Waals surface area contributed by atoms with Gasteiger partial charge in [-0.3, -0.25) is 4.99 Å². The van der Waals surface area contributed by atoms with Crippen LogP contribution in [0, 0.1) is 0 Å². The van der Waals surface area contributed by atoms with E-state index in [2.05, 4.69) is 88.6 Å². The average molecular weight is 332 g/mol. The molecule has 1 unspecified atom stereocenters. The number of hydrogen-bond acceptors (Lipinski definition) is 2. The van der Waals surface area contributed by atoms with Gasteiger partial charge in [-0.1, -0.05) is 30.3 Å². The summed E-state index contributed by atoms with van der Waals surface area (Å²) in [7, 11) is 0. The van der Waals surface area contributed by atoms with Gasteiger partial charge in [0.15, 0.2) is 5.11 Å². The van der Waals surface area contributed by atoms with Gasteiger partial charge in [0.05, 0.1) is 0 Å². The van der Waals surface area contributed by atoms with Crippen molar-refractivity contribution in [2.24, 2.45) is 4.99 Å². The topological polar surface area (TPSA) is 18.8 Å². The van der Waals surface area contributed by atoms with Gasteiger partial charge in [0.2, 0.25) is 0 Å². The Morgan fingerprint density at radius 3 is 1.96 bits per heavy atom. The molecule has 1 aliphatic rings.